The summed E-state index contributed by atoms with van der Waals surface area (Å²) in [4.78, 5) is 4.35. The van der Waals surface area contributed by atoms with Crippen LogP contribution in [0, 0.1) is 6.92 Å². The van der Waals surface area contributed by atoms with Crippen molar-refractivity contribution in [2.45, 2.75) is 32.6 Å². The summed E-state index contributed by atoms with van der Waals surface area (Å²) in [5.74, 6) is 2.37. The Balaban J connectivity index is 2.18. The largest absolute Gasteiger partial charge is 0.439 e. The van der Waals surface area contributed by atoms with Crippen LogP contribution in [0.1, 0.15) is 36.6 Å². The second kappa shape index (κ2) is 6.07. The lowest BCUT2D eigenvalue weighted by Gasteiger charge is -2.09. The van der Waals surface area contributed by atoms with Crippen LogP contribution in [-0.4, -0.2) is 4.98 Å². The molecule has 0 saturated carbocycles. The molecule has 2 nitrogen and oxygen atoms in total. The number of halogens is 1. The Hall–Kier alpha value is -1.54. The predicted octanol–water partition coefficient (Wildman–Crippen LogP) is 5.04. The highest BCUT2D eigenvalue weighted by atomic mass is 35.5. The van der Waals surface area contributed by atoms with Crippen LogP contribution in [0.4, 0.5) is 0 Å². The van der Waals surface area contributed by atoms with E-state index in [1.54, 1.807) is 0 Å². The average Bonchev–Trinajstić information content (AvgIpc) is 2.38. The van der Waals surface area contributed by atoms with Crippen molar-refractivity contribution < 1.29 is 4.74 Å². The lowest BCUT2D eigenvalue weighted by Crippen LogP contribution is -1.93. The zero-order valence-electron chi connectivity index (χ0n) is 11.5. The van der Waals surface area contributed by atoms with E-state index in [1.807, 2.05) is 31.2 Å². The van der Waals surface area contributed by atoms with E-state index in [0.29, 0.717) is 17.7 Å². The fraction of sp³-hybridized carbons (Fsp3) is 0.312. The maximum atomic E-state index is 5.85. The zero-order valence-corrected chi connectivity index (χ0v) is 12.2. The van der Waals surface area contributed by atoms with Crippen LogP contribution in [0.25, 0.3) is 0 Å². The van der Waals surface area contributed by atoms with Crippen molar-refractivity contribution in [3.8, 4) is 11.6 Å². The standard InChI is InChI=1S/C16H18ClNO/c1-11(2)14-4-6-15(7-5-14)19-16-9-13(10-17)8-12(3)18-16/h4-9,11H,10H2,1-3H3. The van der Waals surface area contributed by atoms with E-state index in [9.17, 15) is 0 Å². The molecule has 0 unspecified atom stereocenters. The number of hydrogen-bond acceptors (Lipinski definition) is 2. The first kappa shape index (κ1) is 13.9. The molecule has 0 bridgehead atoms. The molecule has 0 fully saturated rings. The van der Waals surface area contributed by atoms with Crippen LogP contribution < -0.4 is 4.74 Å². The molecule has 2 rings (SSSR count). The molecule has 0 atom stereocenters. The van der Waals surface area contributed by atoms with E-state index in [0.717, 1.165) is 17.0 Å². The van der Waals surface area contributed by atoms with Crippen molar-refractivity contribution in [1.82, 2.24) is 4.98 Å². The SMILES string of the molecule is Cc1cc(CCl)cc(Oc2ccc(C(C)C)cc2)n1. The molecule has 1 aromatic carbocycles. The topological polar surface area (TPSA) is 22.1 Å². The third-order valence-corrected chi connectivity index (χ3v) is 3.22. The van der Waals surface area contributed by atoms with Gasteiger partial charge in [-0.25, -0.2) is 4.98 Å². The van der Waals surface area contributed by atoms with E-state index >= 15 is 0 Å². The lowest BCUT2D eigenvalue weighted by molar-refractivity contribution is 0.461. The monoisotopic (exact) mass is 275 g/mol. The zero-order chi connectivity index (χ0) is 13.8. The first-order valence-corrected chi connectivity index (χ1v) is 6.93. The Morgan fingerprint density at radius 2 is 1.84 bits per heavy atom. The molecular weight excluding hydrogens is 258 g/mol. The molecule has 100 valence electrons. The van der Waals surface area contributed by atoms with Gasteiger partial charge in [0, 0.05) is 17.6 Å². The van der Waals surface area contributed by atoms with Crippen molar-refractivity contribution in [1.29, 1.82) is 0 Å². The normalized spacial score (nSPS) is 10.8. The van der Waals surface area contributed by atoms with Gasteiger partial charge in [-0.2, -0.15) is 0 Å². The van der Waals surface area contributed by atoms with Gasteiger partial charge in [0.15, 0.2) is 0 Å². The molecule has 3 heteroatoms. The summed E-state index contributed by atoms with van der Waals surface area (Å²) < 4.78 is 5.77. The Morgan fingerprint density at radius 3 is 2.42 bits per heavy atom. The number of benzene rings is 1. The van der Waals surface area contributed by atoms with Crippen molar-refractivity contribution in [3.63, 3.8) is 0 Å². The quantitative estimate of drug-likeness (QED) is 0.729. The van der Waals surface area contributed by atoms with Gasteiger partial charge in [-0.1, -0.05) is 26.0 Å². The first-order valence-electron chi connectivity index (χ1n) is 6.40. The number of hydrogen-bond donors (Lipinski definition) is 0. The molecule has 1 heterocycles. The van der Waals surface area contributed by atoms with Gasteiger partial charge in [-0.15, -0.1) is 11.6 Å². The third kappa shape index (κ3) is 3.71. The Labute approximate surface area is 119 Å². The number of rotatable bonds is 4. The molecule has 1 aromatic heterocycles. The van der Waals surface area contributed by atoms with E-state index in [2.05, 4.69) is 31.0 Å². The Kier molecular flexibility index (Phi) is 4.43. The summed E-state index contributed by atoms with van der Waals surface area (Å²) in [6.07, 6.45) is 0. The van der Waals surface area contributed by atoms with Crippen molar-refractivity contribution in [3.05, 3.63) is 53.2 Å². The van der Waals surface area contributed by atoms with Gasteiger partial charge in [0.25, 0.3) is 0 Å². The maximum Gasteiger partial charge on any atom is 0.219 e. The van der Waals surface area contributed by atoms with Gasteiger partial charge in [-0.05, 0) is 42.2 Å². The Morgan fingerprint density at radius 1 is 1.16 bits per heavy atom. The number of pyridine rings is 1. The molecule has 0 radical (unpaired) electrons. The fourth-order valence-electron chi connectivity index (χ4n) is 1.88. The molecule has 0 aliphatic heterocycles. The summed E-state index contributed by atoms with van der Waals surface area (Å²) >= 11 is 5.85. The van der Waals surface area contributed by atoms with Crippen LogP contribution in [0.5, 0.6) is 11.6 Å². The molecule has 0 amide bonds. The van der Waals surface area contributed by atoms with Crippen LogP contribution in [0.3, 0.4) is 0 Å². The highest BCUT2D eigenvalue weighted by molar-refractivity contribution is 6.17. The number of aromatic nitrogens is 1. The van der Waals surface area contributed by atoms with Crippen LogP contribution >= 0.6 is 11.6 Å². The van der Waals surface area contributed by atoms with Gasteiger partial charge >= 0.3 is 0 Å². The highest BCUT2D eigenvalue weighted by Gasteiger charge is 2.04. The second-order valence-electron chi connectivity index (χ2n) is 4.91. The molecular formula is C16H18ClNO. The molecule has 0 aliphatic carbocycles. The summed E-state index contributed by atoms with van der Waals surface area (Å²) in [7, 11) is 0. The molecule has 19 heavy (non-hydrogen) atoms. The molecule has 2 aromatic rings. The van der Waals surface area contributed by atoms with E-state index in [-0.39, 0.29) is 0 Å². The van der Waals surface area contributed by atoms with Gasteiger partial charge < -0.3 is 4.74 Å². The molecule has 0 aliphatic rings. The molecule has 0 saturated heterocycles. The summed E-state index contributed by atoms with van der Waals surface area (Å²) in [6, 6.07) is 11.9. The van der Waals surface area contributed by atoms with Gasteiger partial charge in [0.1, 0.15) is 5.75 Å². The van der Waals surface area contributed by atoms with E-state index in [4.69, 9.17) is 16.3 Å². The van der Waals surface area contributed by atoms with Crippen molar-refractivity contribution in [2.75, 3.05) is 0 Å². The minimum atomic E-state index is 0.464. The Bertz CT molecular complexity index is 549. The highest BCUT2D eigenvalue weighted by Crippen LogP contribution is 2.24. The predicted molar refractivity (Wildman–Crippen MR) is 79.1 cm³/mol. The van der Waals surface area contributed by atoms with Crippen LogP contribution in [0.15, 0.2) is 36.4 Å². The average molecular weight is 276 g/mol. The van der Waals surface area contributed by atoms with Crippen LogP contribution in [0.2, 0.25) is 0 Å². The van der Waals surface area contributed by atoms with Crippen molar-refractivity contribution >= 4 is 11.6 Å². The number of alkyl halides is 1. The van der Waals surface area contributed by atoms with Gasteiger partial charge in [0.2, 0.25) is 5.88 Å². The lowest BCUT2D eigenvalue weighted by atomic mass is 10.0. The summed E-state index contributed by atoms with van der Waals surface area (Å²) in [6.45, 7) is 6.28. The fourth-order valence-corrected chi connectivity index (χ4v) is 2.03. The van der Waals surface area contributed by atoms with E-state index in [1.165, 1.54) is 5.56 Å². The third-order valence-electron chi connectivity index (χ3n) is 2.91. The minimum absolute atomic E-state index is 0.464. The number of nitrogens with zero attached hydrogens (tertiary/aromatic N) is 1. The van der Waals surface area contributed by atoms with E-state index < -0.39 is 0 Å². The maximum absolute atomic E-state index is 5.85. The first-order chi connectivity index (χ1) is 9.08. The summed E-state index contributed by atoms with van der Waals surface area (Å²) in [5, 5.41) is 0. The molecule has 0 N–H and O–H groups in total. The smallest absolute Gasteiger partial charge is 0.219 e. The van der Waals surface area contributed by atoms with Crippen LogP contribution in [-0.2, 0) is 5.88 Å². The minimum Gasteiger partial charge on any atom is -0.439 e. The van der Waals surface area contributed by atoms with Gasteiger partial charge in [-0.3, -0.25) is 0 Å². The second-order valence-corrected chi connectivity index (χ2v) is 5.18. The molecule has 0 spiro atoms. The number of ether oxygens (including phenoxy) is 1. The van der Waals surface area contributed by atoms with Gasteiger partial charge in [0.05, 0.1) is 0 Å². The summed E-state index contributed by atoms with van der Waals surface area (Å²) in [5.41, 5.74) is 3.22. The van der Waals surface area contributed by atoms with Crippen molar-refractivity contribution in [2.24, 2.45) is 0 Å². The number of aryl methyl sites for hydroxylation is 1.